The Labute approximate surface area is 103 Å². The van der Waals surface area contributed by atoms with E-state index in [4.69, 9.17) is 0 Å². The van der Waals surface area contributed by atoms with Crippen molar-refractivity contribution in [3.05, 3.63) is 34.4 Å². The second kappa shape index (κ2) is 9.63. The third-order valence-electron chi connectivity index (χ3n) is 2.32. The van der Waals surface area contributed by atoms with Crippen LogP contribution in [0.3, 0.4) is 0 Å². The van der Waals surface area contributed by atoms with Crippen molar-refractivity contribution in [2.24, 2.45) is 0 Å². The Hall–Kier alpha value is -1.58. The fourth-order valence-electron chi connectivity index (χ4n) is 1.25. The van der Waals surface area contributed by atoms with Crippen LogP contribution in [0.25, 0.3) is 0 Å². The van der Waals surface area contributed by atoms with Crippen LogP contribution in [0, 0.1) is 10.1 Å². The van der Waals surface area contributed by atoms with Crippen LogP contribution in [0.15, 0.2) is 24.3 Å². The molecule has 0 atom stereocenters. The van der Waals surface area contributed by atoms with Crippen LogP contribution in [0.5, 0.6) is 0 Å². The minimum absolute atomic E-state index is 0.115. The molecule has 0 aliphatic rings. The van der Waals surface area contributed by atoms with Crippen LogP contribution >= 0.6 is 0 Å². The van der Waals surface area contributed by atoms with Crippen molar-refractivity contribution in [2.45, 2.75) is 39.5 Å². The third kappa shape index (κ3) is 7.33. The van der Waals surface area contributed by atoms with Crippen molar-refractivity contribution in [3.63, 3.8) is 0 Å². The molecule has 0 aliphatic heterocycles. The van der Waals surface area contributed by atoms with E-state index in [1.54, 1.807) is 19.2 Å². The second-order valence-electron chi connectivity index (χ2n) is 3.76. The summed E-state index contributed by atoms with van der Waals surface area (Å²) in [6.45, 7) is 4.46. The number of non-ortho nitro benzene ring substituents is 1. The Morgan fingerprint density at radius 1 is 1.12 bits per heavy atom. The molecule has 0 heterocycles. The first kappa shape index (κ1) is 15.4. The molecule has 0 unspecified atom stereocenters. The standard InChI is InChI=1S/C7H8N2O2.C6H14/c1-8-6-2-4-7(5-3-6)9(10)11;1-3-5-6-4-2/h2-5,8H,1H3;3-6H2,1-2H3. The maximum absolute atomic E-state index is 10.2. The summed E-state index contributed by atoms with van der Waals surface area (Å²) in [4.78, 5) is 9.77. The smallest absolute Gasteiger partial charge is 0.269 e. The van der Waals surface area contributed by atoms with E-state index in [9.17, 15) is 10.1 Å². The van der Waals surface area contributed by atoms with Gasteiger partial charge in [0, 0.05) is 24.9 Å². The zero-order valence-corrected chi connectivity index (χ0v) is 10.9. The van der Waals surface area contributed by atoms with Crippen molar-refractivity contribution in [1.82, 2.24) is 0 Å². The summed E-state index contributed by atoms with van der Waals surface area (Å²) < 4.78 is 0. The monoisotopic (exact) mass is 238 g/mol. The number of rotatable bonds is 5. The van der Waals surface area contributed by atoms with Crippen molar-refractivity contribution in [3.8, 4) is 0 Å². The molecule has 1 aromatic carbocycles. The average Bonchev–Trinajstić information content (AvgIpc) is 2.37. The molecule has 0 aromatic heterocycles. The number of nitrogens with one attached hydrogen (secondary N) is 1. The Kier molecular flexibility index (Phi) is 8.74. The summed E-state index contributed by atoms with van der Waals surface area (Å²) in [5.74, 6) is 0. The van der Waals surface area contributed by atoms with Gasteiger partial charge in [0.05, 0.1) is 4.92 Å². The van der Waals surface area contributed by atoms with Gasteiger partial charge in [-0.15, -0.1) is 0 Å². The molecule has 0 radical (unpaired) electrons. The lowest BCUT2D eigenvalue weighted by Gasteiger charge is -1.96. The maximum atomic E-state index is 10.2. The fraction of sp³-hybridized carbons (Fsp3) is 0.538. The summed E-state index contributed by atoms with van der Waals surface area (Å²) >= 11 is 0. The summed E-state index contributed by atoms with van der Waals surface area (Å²) in [6.07, 6.45) is 5.54. The van der Waals surface area contributed by atoms with Crippen LogP contribution in [0.4, 0.5) is 11.4 Å². The number of unbranched alkanes of at least 4 members (excludes halogenated alkanes) is 3. The first-order valence-electron chi connectivity index (χ1n) is 6.07. The maximum Gasteiger partial charge on any atom is 0.269 e. The Balaban J connectivity index is 0.000000366. The summed E-state index contributed by atoms with van der Waals surface area (Å²) in [5, 5.41) is 13.1. The summed E-state index contributed by atoms with van der Waals surface area (Å²) in [5.41, 5.74) is 0.986. The Morgan fingerprint density at radius 3 is 1.88 bits per heavy atom. The van der Waals surface area contributed by atoms with Gasteiger partial charge in [0.2, 0.25) is 0 Å². The van der Waals surface area contributed by atoms with E-state index < -0.39 is 4.92 Å². The van der Waals surface area contributed by atoms with E-state index in [0.29, 0.717) is 0 Å². The molecule has 4 heteroatoms. The van der Waals surface area contributed by atoms with E-state index in [1.807, 2.05) is 0 Å². The largest absolute Gasteiger partial charge is 0.388 e. The number of benzene rings is 1. The molecule has 0 saturated carbocycles. The molecule has 0 fully saturated rings. The van der Waals surface area contributed by atoms with Gasteiger partial charge in [-0.25, -0.2) is 0 Å². The number of anilines is 1. The Bertz CT molecular complexity index is 306. The lowest BCUT2D eigenvalue weighted by molar-refractivity contribution is -0.384. The highest BCUT2D eigenvalue weighted by atomic mass is 16.6. The summed E-state index contributed by atoms with van der Waals surface area (Å²) in [6, 6.07) is 6.26. The highest BCUT2D eigenvalue weighted by Crippen LogP contribution is 2.14. The zero-order chi connectivity index (χ0) is 13.1. The van der Waals surface area contributed by atoms with Gasteiger partial charge in [-0.2, -0.15) is 0 Å². The van der Waals surface area contributed by atoms with Crippen LogP contribution in [-0.4, -0.2) is 12.0 Å². The van der Waals surface area contributed by atoms with Crippen molar-refractivity contribution >= 4 is 11.4 Å². The molecule has 1 aromatic rings. The van der Waals surface area contributed by atoms with Gasteiger partial charge in [0.1, 0.15) is 0 Å². The van der Waals surface area contributed by atoms with Gasteiger partial charge < -0.3 is 5.32 Å². The van der Waals surface area contributed by atoms with E-state index in [0.717, 1.165) is 5.69 Å². The second-order valence-corrected chi connectivity index (χ2v) is 3.76. The van der Waals surface area contributed by atoms with Crippen molar-refractivity contribution in [1.29, 1.82) is 0 Å². The van der Waals surface area contributed by atoms with Gasteiger partial charge in [-0.1, -0.05) is 39.5 Å². The van der Waals surface area contributed by atoms with E-state index >= 15 is 0 Å². The predicted molar refractivity (Wildman–Crippen MR) is 72.5 cm³/mol. The van der Waals surface area contributed by atoms with E-state index in [-0.39, 0.29) is 5.69 Å². The quantitative estimate of drug-likeness (QED) is 0.474. The molecular formula is C13H22N2O2. The normalized spacial score (nSPS) is 9.12. The molecule has 17 heavy (non-hydrogen) atoms. The molecule has 0 bridgehead atoms. The molecule has 0 spiro atoms. The van der Waals surface area contributed by atoms with E-state index in [1.165, 1.54) is 37.8 Å². The van der Waals surface area contributed by atoms with Crippen LogP contribution in [0.1, 0.15) is 39.5 Å². The lowest BCUT2D eigenvalue weighted by atomic mass is 10.2. The average molecular weight is 238 g/mol. The van der Waals surface area contributed by atoms with Crippen LogP contribution in [0.2, 0.25) is 0 Å². The number of nitrogens with zero attached hydrogens (tertiary/aromatic N) is 1. The zero-order valence-electron chi connectivity index (χ0n) is 10.9. The van der Waals surface area contributed by atoms with Gasteiger partial charge in [-0.3, -0.25) is 10.1 Å². The topological polar surface area (TPSA) is 55.2 Å². The number of hydrogen-bond acceptors (Lipinski definition) is 3. The SMILES string of the molecule is CCCCCC.CNc1ccc([N+](=O)[O-])cc1. The first-order chi connectivity index (χ1) is 8.15. The minimum Gasteiger partial charge on any atom is -0.388 e. The molecule has 1 rings (SSSR count). The summed E-state index contributed by atoms with van der Waals surface area (Å²) in [7, 11) is 1.77. The molecule has 0 saturated heterocycles. The fourth-order valence-corrected chi connectivity index (χ4v) is 1.25. The van der Waals surface area contributed by atoms with E-state index in [2.05, 4.69) is 19.2 Å². The molecule has 96 valence electrons. The Morgan fingerprint density at radius 2 is 1.59 bits per heavy atom. The third-order valence-corrected chi connectivity index (χ3v) is 2.32. The van der Waals surface area contributed by atoms with Gasteiger partial charge >= 0.3 is 0 Å². The van der Waals surface area contributed by atoms with Crippen LogP contribution in [-0.2, 0) is 0 Å². The molecular weight excluding hydrogens is 216 g/mol. The first-order valence-corrected chi connectivity index (χ1v) is 6.07. The number of nitro groups is 1. The minimum atomic E-state index is -0.417. The number of nitro benzene ring substituents is 1. The molecule has 1 N–H and O–H groups in total. The molecule has 0 aliphatic carbocycles. The van der Waals surface area contributed by atoms with Crippen molar-refractivity contribution < 1.29 is 4.92 Å². The highest BCUT2D eigenvalue weighted by Gasteiger charge is 2.01. The predicted octanol–water partition coefficient (Wildman–Crippen LogP) is 4.22. The molecule has 4 nitrogen and oxygen atoms in total. The highest BCUT2D eigenvalue weighted by molar-refractivity contribution is 5.47. The van der Waals surface area contributed by atoms with Crippen molar-refractivity contribution in [2.75, 3.05) is 12.4 Å². The van der Waals surface area contributed by atoms with Gasteiger partial charge in [0.15, 0.2) is 0 Å². The lowest BCUT2D eigenvalue weighted by Crippen LogP contribution is -1.89. The number of hydrogen-bond donors (Lipinski definition) is 1. The van der Waals surface area contributed by atoms with Gasteiger partial charge in [-0.05, 0) is 12.1 Å². The van der Waals surface area contributed by atoms with Gasteiger partial charge in [0.25, 0.3) is 5.69 Å². The van der Waals surface area contributed by atoms with Crippen LogP contribution < -0.4 is 5.32 Å². The molecule has 0 amide bonds.